The minimum atomic E-state index is -0.00854. The second-order valence-corrected chi connectivity index (χ2v) is 5.59. The zero-order valence-electron chi connectivity index (χ0n) is 12.2. The van der Waals surface area contributed by atoms with E-state index in [2.05, 4.69) is 5.32 Å². The molecule has 1 aromatic rings. The summed E-state index contributed by atoms with van der Waals surface area (Å²) in [7, 11) is 0. The Kier molecular flexibility index (Phi) is 5.74. The number of hydrogen-bond acceptors (Lipinski definition) is 2. The number of ketones is 1. The molecule has 0 aliphatic carbocycles. The highest BCUT2D eigenvalue weighted by Gasteiger charge is 2.11. The summed E-state index contributed by atoms with van der Waals surface area (Å²) < 4.78 is 0. The molecule has 0 saturated heterocycles. The van der Waals surface area contributed by atoms with E-state index < -0.39 is 0 Å². The van der Waals surface area contributed by atoms with Crippen LogP contribution in [0.25, 0.3) is 0 Å². The monoisotopic (exact) mass is 261 g/mol. The zero-order chi connectivity index (χ0) is 14.4. The molecular weight excluding hydrogens is 238 g/mol. The van der Waals surface area contributed by atoms with Crippen LogP contribution in [0.3, 0.4) is 0 Å². The van der Waals surface area contributed by atoms with Gasteiger partial charge in [-0.25, -0.2) is 0 Å². The van der Waals surface area contributed by atoms with E-state index in [4.69, 9.17) is 0 Å². The van der Waals surface area contributed by atoms with Crippen molar-refractivity contribution >= 4 is 11.7 Å². The molecule has 0 atom stereocenters. The molecule has 0 heterocycles. The maximum absolute atomic E-state index is 11.9. The number of Topliss-reactive ketones (excluding diaryl/α,β-unsaturated/α-hetero) is 1. The van der Waals surface area contributed by atoms with E-state index in [1.165, 1.54) is 0 Å². The molecule has 0 aromatic heterocycles. The summed E-state index contributed by atoms with van der Waals surface area (Å²) in [5, 5.41) is 2.88. The molecule has 0 aliphatic rings. The van der Waals surface area contributed by atoms with E-state index in [0.29, 0.717) is 24.4 Å². The third-order valence-electron chi connectivity index (χ3n) is 2.82. The number of carbonyl (C=O) groups is 2. The Labute approximate surface area is 115 Å². The van der Waals surface area contributed by atoms with Gasteiger partial charge in [-0.3, -0.25) is 9.59 Å². The van der Waals surface area contributed by atoms with Crippen molar-refractivity contribution < 1.29 is 9.59 Å². The summed E-state index contributed by atoms with van der Waals surface area (Å²) in [5.41, 5.74) is 1.68. The predicted octanol–water partition coefficient (Wildman–Crippen LogP) is 3.19. The van der Waals surface area contributed by atoms with Crippen LogP contribution >= 0.6 is 0 Å². The molecule has 3 heteroatoms. The van der Waals surface area contributed by atoms with Crippen molar-refractivity contribution in [2.45, 2.75) is 40.7 Å². The number of nitrogens with one attached hydrogen (secondary N) is 1. The molecule has 0 spiro atoms. The summed E-state index contributed by atoms with van der Waals surface area (Å²) in [4.78, 5) is 23.5. The first-order chi connectivity index (χ1) is 8.90. The van der Waals surface area contributed by atoms with E-state index in [1.807, 2.05) is 52.0 Å². The highest BCUT2D eigenvalue weighted by atomic mass is 16.1. The van der Waals surface area contributed by atoms with Crippen LogP contribution in [-0.4, -0.2) is 11.7 Å². The average Bonchev–Trinajstić information content (AvgIpc) is 2.35. The first-order valence-electron chi connectivity index (χ1n) is 6.80. The lowest BCUT2D eigenvalue weighted by Gasteiger charge is -2.09. The summed E-state index contributed by atoms with van der Waals surface area (Å²) in [6, 6.07) is 7.46. The first kappa shape index (κ1) is 15.4. The first-order valence-corrected chi connectivity index (χ1v) is 6.80. The Morgan fingerprint density at radius 1 is 1.16 bits per heavy atom. The van der Waals surface area contributed by atoms with E-state index in [0.717, 1.165) is 5.56 Å². The summed E-state index contributed by atoms with van der Waals surface area (Å²) in [5.74, 6) is 0.533. The Balaban J connectivity index is 2.63. The molecule has 1 amide bonds. The zero-order valence-corrected chi connectivity index (χ0v) is 12.2. The van der Waals surface area contributed by atoms with Gasteiger partial charge in [0, 0.05) is 24.4 Å². The topological polar surface area (TPSA) is 46.2 Å². The highest BCUT2D eigenvalue weighted by Crippen LogP contribution is 2.11. The molecule has 0 fully saturated rings. The van der Waals surface area contributed by atoms with E-state index in [-0.39, 0.29) is 17.6 Å². The molecule has 1 aromatic carbocycles. The van der Waals surface area contributed by atoms with Crippen LogP contribution in [0.15, 0.2) is 24.3 Å². The molecule has 3 nitrogen and oxygen atoms in total. The van der Waals surface area contributed by atoms with E-state index in [1.54, 1.807) is 0 Å². The standard InChI is InChI=1S/C16H23NO2/c1-11(2)8-15(18)17-10-13-6-5-7-14(9-13)16(19)12(3)4/h5-7,9,11-12H,8,10H2,1-4H3,(H,17,18). The van der Waals surface area contributed by atoms with Crippen molar-refractivity contribution in [2.24, 2.45) is 11.8 Å². The third kappa shape index (κ3) is 5.25. The molecule has 19 heavy (non-hydrogen) atoms. The average molecular weight is 261 g/mol. The summed E-state index contributed by atoms with van der Waals surface area (Å²) in [6.07, 6.45) is 0.532. The van der Waals surface area contributed by atoms with Crippen molar-refractivity contribution in [3.8, 4) is 0 Å². The number of carbonyl (C=O) groups excluding carboxylic acids is 2. The van der Waals surface area contributed by atoms with Gasteiger partial charge in [-0.1, -0.05) is 45.9 Å². The fraction of sp³-hybridized carbons (Fsp3) is 0.500. The lowest BCUT2D eigenvalue weighted by Crippen LogP contribution is -2.24. The van der Waals surface area contributed by atoms with Gasteiger partial charge in [0.25, 0.3) is 0 Å². The van der Waals surface area contributed by atoms with Crippen LogP contribution in [-0.2, 0) is 11.3 Å². The molecule has 104 valence electrons. The van der Waals surface area contributed by atoms with Gasteiger partial charge in [0.05, 0.1) is 0 Å². The molecular formula is C16H23NO2. The lowest BCUT2D eigenvalue weighted by molar-refractivity contribution is -0.121. The van der Waals surface area contributed by atoms with Gasteiger partial charge in [-0.2, -0.15) is 0 Å². The largest absolute Gasteiger partial charge is 0.352 e. The van der Waals surface area contributed by atoms with Crippen LogP contribution in [0.4, 0.5) is 0 Å². The smallest absolute Gasteiger partial charge is 0.220 e. The Morgan fingerprint density at radius 2 is 1.84 bits per heavy atom. The van der Waals surface area contributed by atoms with Crippen molar-refractivity contribution in [1.29, 1.82) is 0 Å². The molecule has 0 radical (unpaired) electrons. The second-order valence-electron chi connectivity index (χ2n) is 5.59. The molecule has 0 saturated carbocycles. The molecule has 1 rings (SSSR count). The van der Waals surface area contributed by atoms with Crippen LogP contribution in [0.5, 0.6) is 0 Å². The van der Waals surface area contributed by atoms with Gasteiger partial charge in [0.2, 0.25) is 5.91 Å². The Hall–Kier alpha value is -1.64. The molecule has 1 N–H and O–H groups in total. The van der Waals surface area contributed by atoms with Crippen LogP contribution < -0.4 is 5.32 Å². The fourth-order valence-corrected chi connectivity index (χ4v) is 1.81. The predicted molar refractivity (Wildman–Crippen MR) is 76.9 cm³/mol. The van der Waals surface area contributed by atoms with Crippen molar-refractivity contribution in [1.82, 2.24) is 5.32 Å². The summed E-state index contributed by atoms with van der Waals surface area (Å²) in [6.45, 7) is 8.28. The van der Waals surface area contributed by atoms with Crippen LogP contribution in [0.2, 0.25) is 0 Å². The third-order valence-corrected chi connectivity index (χ3v) is 2.82. The van der Waals surface area contributed by atoms with Gasteiger partial charge in [-0.15, -0.1) is 0 Å². The minimum Gasteiger partial charge on any atom is -0.352 e. The van der Waals surface area contributed by atoms with Crippen molar-refractivity contribution in [3.63, 3.8) is 0 Å². The van der Waals surface area contributed by atoms with Gasteiger partial charge in [-0.05, 0) is 17.5 Å². The Bertz CT molecular complexity index is 450. The number of hydrogen-bond donors (Lipinski definition) is 1. The number of rotatable bonds is 6. The van der Waals surface area contributed by atoms with Gasteiger partial charge in [0.15, 0.2) is 5.78 Å². The highest BCUT2D eigenvalue weighted by molar-refractivity contribution is 5.97. The van der Waals surface area contributed by atoms with Gasteiger partial charge < -0.3 is 5.32 Å². The normalized spacial score (nSPS) is 10.8. The SMILES string of the molecule is CC(C)CC(=O)NCc1cccc(C(=O)C(C)C)c1. The molecule has 0 unspecified atom stereocenters. The van der Waals surface area contributed by atoms with Crippen LogP contribution in [0.1, 0.15) is 50.0 Å². The van der Waals surface area contributed by atoms with Crippen molar-refractivity contribution in [2.75, 3.05) is 0 Å². The lowest BCUT2D eigenvalue weighted by atomic mass is 9.99. The van der Waals surface area contributed by atoms with Gasteiger partial charge in [0.1, 0.15) is 0 Å². The van der Waals surface area contributed by atoms with Gasteiger partial charge >= 0.3 is 0 Å². The second kappa shape index (κ2) is 7.07. The molecule has 0 bridgehead atoms. The van der Waals surface area contributed by atoms with Crippen molar-refractivity contribution in [3.05, 3.63) is 35.4 Å². The Morgan fingerprint density at radius 3 is 2.42 bits per heavy atom. The maximum Gasteiger partial charge on any atom is 0.220 e. The molecule has 0 aliphatic heterocycles. The summed E-state index contributed by atoms with van der Waals surface area (Å²) >= 11 is 0. The number of amides is 1. The fourth-order valence-electron chi connectivity index (χ4n) is 1.81. The maximum atomic E-state index is 11.9. The minimum absolute atomic E-state index is 0.00854. The van der Waals surface area contributed by atoms with Crippen LogP contribution in [0, 0.1) is 11.8 Å². The number of benzene rings is 1. The van der Waals surface area contributed by atoms with E-state index >= 15 is 0 Å². The van der Waals surface area contributed by atoms with E-state index in [9.17, 15) is 9.59 Å². The quantitative estimate of drug-likeness (QED) is 0.799.